The lowest BCUT2D eigenvalue weighted by Crippen LogP contribution is -2.10. The smallest absolute Gasteiger partial charge is 0.142 e. The fourth-order valence-electron chi connectivity index (χ4n) is 1.48. The normalized spacial score (nSPS) is 10.8. The summed E-state index contributed by atoms with van der Waals surface area (Å²) in [5, 5.41) is 0. The standard InChI is InChI=1S/C14H23NO2/c1-4-12-5-6-14(13(15)9-12)17-8-7-16-10-11(2)3/h5-6,9,11H,4,7-8,10,15H2,1-3H3. The van der Waals surface area contributed by atoms with Gasteiger partial charge in [-0.15, -0.1) is 0 Å². The van der Waals surface area contributed by atoms with Crippen LogP contribution in [0.15, 0.2) is 18.2 Å². The van der Waals surface area contributed by atoms with Crippen LogP contribution in [-0.4, -0.2) is 19.8 Å². The molecule has 3 nitrogen and oxygen atoms in total. The Morgan fingerprint density at radius 1 is 1.24 bits per heavy atom. The van der Waals surface area contributed by atoms with Gasteiger partial charge in [0.15, 0.2) is 0 Å². The molecule has 0 saturated carbocycles. The molecule has 0 bridgehead atoms. The largest absolute Gasteiger partial charge is 0.489 e. The Morgan fingerprint density at radius 3 is 2.59 bits per heavy atom. The van der Waals surface area contributed by atoms with Crippen LogP contribution in [-0.2, 0) is 11.2 Å². The summed E-state index contributed by atoms with van der Waals surface area (Å²) in [5.74, 6) is 1.30. The fourth-order valence-corrected chi connectivity index (χ4v) is 1.48. The zero-order valence-corrected chi connectivity index (χ0v) is 11.0. The van der Waals surface area contributed by atoms with E-state index in [2.05, 4.69) is 20.8 Å². The first-order valence-electron chi connectivity index (χ1n) is 6.22. The number of hydrogen-bond acceptors (Lipinski definition) is 3. The van der Waals surface area contributed by atoms with E-state index in [0.29, 0.717) is 24.8 Å². The highest BCUT2D eigenvalue weighted by atomic mass is 16.5. The van der Waals surface area contributed by atoms with E-state index in [1.54, 1.807) is 0 Å². The average molecular weight is 237 g/mol. The Labute approximate surface area is 104 Å². The second-order valence-electron chi connectivity index (χ2n) is 4.54. The second kappa shape index (κ2) is 7.17. The predicted molar refractivity (Wildman–Crippen MR) is 71.4 cm³/mol. The Morgan fingerprint density at radius 2 is 2.00 bits per heavy atom. The molecule has 1 aromatic rings. The first-order chi connectivity index (χ1) is 8.13. The molecule has 3 heteroatoms. The minimum absolute atomic E-state index is 0.544. The van der Waals surface area contributed by atoms with E-state index in [0.717, 1.165) is 18.8 Å². The topological polar surface area (TPSA) is 44.5 Å². The maximum Gasteiger partial charge on any atom is 0.142 e. The molecule has 0 radical (unpaired) electrons. The fraction of sp³-hybridized carbons (Fsp3) is 0.571. The minimum Gasteiger partial charge on any atom is -0.489 e. The Bertz CT molecular complexity index is 337. The number of rotatable bonds is 7. The molecule has 2 N–H and O–H groups in total. The molecule has 1 aromatic carbocycles. The van der Waals surface area contributed by atoms with E-state index < -0.39 is 0 Å². The monoisotopic (exact) mass is 237 g/mol. The average Bonchev–Trinajstić information content (AvgIpc) is 2.30. The highest BCUT2D eigenvalue weighted by molar-refractivity contribution is 5.54. The SMILES string of the molecule is CCc1ccc(OCCOCC(C)C)c(N)c1. The van der Waals surface area contributed by atoms with Crippen molar-refractivity contribution >= 4 is 5.69 Å². The van der Waals surface area contributed by atoms with Crippen molar-refractivity contribution in [3.63, 3.8) is 0 Å². The van der Waals surface area contributed by atoms with Gasteiger partial charge >= 0.3 is 0 Å². The van der Waals surface area contributed by atoms with Crippen LogP contribution in [0.3, 0.4) is 0 Å². The predicted octanol–water partition coefficient (Wildman–Crippen LogP) is 2.88. The van der Waals surface area contributed by atoms with Crippen molar-refractivity contribution in [2.75, 3.05) is 25.6 Å². The Kier molecular flexibility index (Phi) is 5.84. The van der Waals surface area contributed by atoms with Crippen LogP contribution in [0, 0.1) is 5.92 Å². The van der Waals surface area contributed by atoms with Crippen molar-refractivity contribution in [1.82, 2.24) is 0 Å². The zero-order valence-electron chi connectivity index (χ0n) is 11.0. The van der Waals surface area contributed by atoms with Crippen LogP contribution < -0.4 is 10.5 Å². The van der Waals surface area contributed by atoms with Crippen molar-refractivity contribution in [3.8, 4) is 5.75 Å². The minimum atomic E-state index is 0.544. The first-order valence-corrected chi connectivity index (χ1v) is 6.22. The van der Waals surface area contributed by atoms with Gasteiger partial charge in [0, 0.05) is 6.61 Å². The third-order valence-electron chi connectivity index (χ3n) is 2.42. The van der Waals surface area contributed by atoms with Crippen LogP contribution in [0.5, 0.6) is 5.75 Å². The van der Waals surface area contributed by atoms with E-state index in [9.17, 15) is 0 Å². The lowest BCUT2D eigenvalue weighted by atomic mass is 10.1. The van der Waals surface area contributed by atoms with Gasteiger partial charge in [-0.2, -0.15) is 0 Å². The summed E-state index contributed by atoms with van der Waals surface area (Å²) in [5.41, 5.74) is 7.82. The van der Waals surface area contributed by atoms with Gasteiger partial charge in [0.05, 0.1) is 12.3 Å². The molecule has 0 aromatic heterocycles. The molecule has 96 valence electrons. The van der Waals surface area contributed by atoms with Crippen LogP contribution in [0.25, 0.3) is 0 Å². The van der Waals surface area contributed by atoms with Crippen molar-refractivity contribution in [2.45, 2.75) is 27.2 Å². The molecule has 0 heterocycles. The quantitative estimate of drug-likeness (QED) is 0.586. The summed E-state index contributed by atoms with van der Waals surface area (Å²) in [6, 6.07) is 5.93. The molecule has 0 fully saturated rings. The van der Waals surface area contributed by atoms with Gasteiger partial charge in [0.25, 0.3) is 0 Å². The molecular weight excluding hydrogens is 214 g/mol. The van der Waals surface area contributed by atoms with Crippen LogP contribution in [0.4, 0.5) is 5.69 Å². The third kappa shape index (κ3) is 5.09. The van der Waals surface area contributed by atoms with Gasteiger partial charge < -0.3 is 15.2 Å². The first kappa shape index (κ1) is 13.8. The van der Waals surface area contributed by atoms with Gasteiger partial charge in [-0.05, 0) is 30.0 Å². The molecule has 0 unspecified atom stereocenters. The molecular formula is C14H23NO2. The summed E-state index contributed by atoms with van der Waals surface area (Å²) >= 11 is 0. The van der Waals surface area contributed by atoms with Gasteiger partial charge in [0.1, 0.15) is 12.4 Å². The van der Waals surface area contributed by atoms with Crippen LogP contribution >= 0.6 is 0 Å². The molecule has 0 saturated heterocycles. The van der Waals surface area contributed by atoms with Crippen molar-refractivity contribution < 1.29 is 9.47 Å². The summed E-state index contributed by atoms with van der Waals surface area (Å²) in [6.07, 6.45) is 0.988. The number of ether oxygens (including phenoxy) is 2. The summed E-state index contributed by atoms with van der Waals surface area (Å²) in [6.45, 7) is 8.28. The number of hydrogen-bond donors (Lipinski definition) is 1. The maximum atomic E-state index is 5.89. The van der Waals surface area contributed by atoms with E-state index in [-0.39, 0.29) is 0 Å². The van der Waals surface area contributed by atoms with Crippen molar-refractivity contribution in [2.24, 2.45) is 5.92 Å². The Balaban J connectivity index is 2.32. The van der Waals surface area contributed by atoms with Gasteiger partial charge in [-0.25, -0.2) is 0 Å². The van der Waals surface area contributed by atoms with E-state index in [4.69, 9.17) is 15.2 Å². The number of nitrogen functional groups attached to an aromatic ring is 1. The molecule has 0 amide bonds. The van der Waals surface area contributed by atoms with Crippen molar-refractivity contribution in [3.05, 3.63) is 23.8 Å². The van der Waals surface area contributed by atoms with Gasteiger partial charge in [-0.3, -0.25) is 0 Å². The molecule has 17 heavy (non-hydrogen) atoms. The van der Waals surface area contributed by atoms with Crippen LogP contribution in [0.2, 0.25) is 0 Å². The zero-order chi connectivity index (χ0) is 12.7. The molecule has 1 rings (SSSR count). The highest BCUT2D eigenvalue weighted by Crippen LogP contribution is 2.22. The second-order valence-corrected chi connectivity index (χ2v) is 4.54. The maximum absolute atomic E-state index is 5.89. The number of benzene rings is 1. The lowest BCUT2D eigenvalue weighted by Gasteiger charge is -2.11. The number of aryl methyl sites for hydroxylation is 1. The van der Waals surface area contributed by atoms with E-state index in [1.165, 1.54) is 5.56 Å². The number of nitrogens with two attached hydrogens (primary N) is 1. The molecule has 0 atom stereocenters. The van der Waals surface area contributed by atoms with E-state index in [1.807, 2.05) is 18.2 Å². The molecule has 0 aliphatic carbocycles. The molecule has 0 spiro atoms. The Hall–Kier alpha value is -1.22. The van der Waals surface area contributed by atoms with Gasteiger partial charge in [-0.1, -0.05) is 26.8 Å². The summed E-state index contributed by atoms with van der Waals surface area (Å²) in [4.78, 5) is 0. The number of anilines is 1. The third-order valence-corrected chi connectivity index (χ3v) is 2.42. The summed E-state index contributed by atoms with van der Waals surface area (Å²) in [7, 11) is 0. The summed E-state index contributed by atoms with van der Waals surface area (Å²) < 4.78 is 11.0. The van der Waals surface area contributed by atoms with Crippen molar-refractivity contribution in [1.29, 1.82) is 0 Å². The highest BCUT2D eigenvalue weighted by Gasteiger charge is 2.01. The molecule has 0 aliphatic heterocycles. The lowest BCUT2D eigenvalue weighted by molar-refractivity contribution is 0.0821. The van der Waals surface area contributed by atoms with Crippen LogP contribution in [0.1, 0.15) is 26.3 Å². The van der Waals surface area contributed by atoms with Gasteiger partial charge in [0.2, 0.25) is 0 Å². The molecule has 0 aliphatic rings. The van der Waals surface area contributed by atoms with E-state index >= 15 is 0 Å².